The van der Waals surface area contributed by atoms with Crippen LogP contribution in [0.15, 0.2) is 24.3 Å². The predicted molar refractivity (Wildman–Crippen MR) is 87.0 cm³/mol. The number of benzene rings is 1. The highest BCUT2D eigenvalue weighted by atomic mass is 35.5. The highest BCUT2D eigenvalue weighted by Gasteiger charge is 2.28. The molecule has 0 aromatic heterocycles. The van der Waals surface area contributed by atoms with Crippen molar-refractivity contribution in [1.82, 2.24) is 10.2 Å². The summed E-state index contributed by atoms with van der Waals surface area (Å²) < 4.78 is 0. The third kappa shape index (κ3) is 4.42. The summed E-state index contributed by atoms with van der Waals surface area (Å²) in [6.07, 6.45) is 0.877. The topological polar surface area (TPSA) is 75.5 Å². The third-order valence-corrected chi connectivity index (χ3v) is 3.82. The first-order chi connectivity index (χ1) is 9.99. The van der Waals surface area contributed by atoms with Gasteiger partial charge in [0.2, 0.25) is 5.91 Å². The molecular weight excluding hydrogens is 306 g/mol. The van der Waals surface area contributed by atoms with Crippen LogP contribution < -0.4 is 5.32 Å². The van der Waals surface area contributed by atoms with Crippen LogP contribution in [0.3, 0.4) is 0 Å². The number of rotatable bonds is 5. The van der Waals surface area contributed by atoms with Crippen molar-refractivity contribution in [2.75, 3.05) is 13.1 Å². The van der Waals surface area contributed by atoms with Crippen molar-refractivity contribution in [2.45, 2.75) is 32.9 Å². The number of hydrogen-bond donors (Lipinski definition) is 1. The zero-order chi connectivity index (χ0) is 15.4. The van der Waals surface area contributed by atoms with Gasteiger partial charge in [-0.25, -0.2) is 0 Å². The lowest BCUT2D eigenvalue weighted by atomic mass is 10.1. The molecule has 0 aliphatic carbocycles. The van der Waals surface area contributed by atoms with Crippen LogP contribution in [0.2, 0.25) is 0 Å². The third-order valence-electron chi connectivity index (χ3n) is 3.82. The van der Waals surface area contributed by atoms with E-state index in [9.17, 15) is 14.9 Å². The number of nitro benzene ring substituents is 1. The van der Waals surface area contributed by atoms with Gasteiger partial charge in [-0.2, -0.15) is 0 Å². The van der Waals surface area contributed by atoms with E-state index >= 15 is 0 Å². The van der Waals surface area contributed by atoms with Crippen LogP contribution in [0.1, 0.15) is 25.8 Å². The Kier molecular flexibility index (Phi) is 6.77. The second-order valence-electron chi connectivity index (χ2n) is 5.67. The summed E-state index contributed by atoms with van der Waals surface area (Å²) in [6.45, 7) is 6.10. The number of carbonyl (C=O) groups is 1. The second kappa shape index (κ2) is 8.10. The largest absolute Gasteiger partial charge is 0.336 e. The Hall–Kier alpha value is -1.66. The summed E-state index contributed by atoms with van der Waals surface area (Å²) in [5.41, 5.74) is 0.981. The molecule has 2 rings (SSSR count). The van der Waals surface area contributed by atoms with Gasteiger partial charge in [-0.05, 0) is 32.4 Å². The molecule has 1 aliphatic heterocycles. The summed E-state index contributed by atoms with van der Waals surface area (Å²) in [5.74, 6) is 0.207. The van der Waals surface area contributed by atoms with E-state index in [1.54, 1.807) is 12.1 Å². The van der Waals surface area contributed by atoms with Gasteiger partial charge in [0.1, 0.15) is 0 Å². The van der Waals surface area contributed by atoms with Gasteiger partial charge in [-0.3, -0.25) is 14.9 Å². The summed E-state index contributed by atoms with van der Waals surface area (Å²) in [6, 6.07) is 6.50. The quantitative estimate of drug-likeness (QED) is 0.665. The molecule has 0 spiro atoms. The fraction of sp³-hybridized carbons (Fsp3) is 0.533. The van der Waals surface area contributed by atoms with Gasteiger partial charge in [0.15, 0.2) is 0 Å². The van der Waals surface area contributed by atoms with E-state index in [0.29, 0.717) is 6.54 Å². The van der Waals surface area contributed by atoms with Crippen LogP contribution in [-0.4, -0.2) is 34.9 Å². The monoisotopic (exact) mass is 327 g/mol. The van der Waals surface area contributed by atoms with Gasteiger partial charge >= 0.3 is 0 Å². The molecule has 1 amide bonds. The average molecular weight is 328 g/mol. The van der Waals surface area contributed by atoms with E-state index in [1.165, 1.54) is 12.1 Å². The second-order valence-corrected chi connectivity index (χ2v) is 5.67. The van der Waals surface area contributed by atoms with Gasteiger partial charge in [0, 0.05) is 31.3 Å². The highest BCUT2D eigenvalue weighted by molar-refractivity contribution is 5.85. The molecule has 122 valence electrons. The number of carbonyl (C=O) groups excluding carboxylic acids is 1. The maximum Gasteiger partial charge on any atom is 0.269 e. The van der Waals surface area contributed by atoms with Crippen LogP contribution in [0, 0.1) is 16.0 Å². The van der Waals surface area contributed by atoms with Crippen molar-refractivity contribution in [3.8, 4) is 0 Å². The molecule has 1 aromatic rings. The molecule has 1 heterocycles. The average Bonchev–Trinajstić information content (AvgIpc) is 2.98. The fourth-order valence-corrected chi connectivity index (χ4v) is 2.53. The van der Waals surface area contributed by atoms with Crippen LogP contribution in [0.25, 0.3) is 0 Å². The predicted octanol–water partition coefficient (Wildman–Crippen LogP) is 2.36. The lowest BCUT2D eigenvalue weighted by Crippen LogP contribution is -2.41. The highest BCUT2D eigenvalue weighted by Crippen LogP contribution is 2.18. The molecule has 0 bridgehead atoms. The number of amides is 1. The van der Waals surface area contributed by atoms with E-state index in [2.05, 4.69) is 5.32 Å². The van der Waals surface area contributed by atoms with Gasteiger partial charge in [0.05, 0.1) is 10.8 Å². The molecule has 22 heavy (non-hydrogen) atoms. The van der Waals surface area contributed by atoms with Gasteiger partial charge < -0.3 is 10.2 Å². The summed E-state index contributed by atoms with van der Waals surface area (Å²) in [4.78, 5) is 24.6. The molecule has 7 heteroatoms. The molecule has 6 nitrogen and oxygen atoms in total. The first-order valence-corrected chi connectivity index (χ1v) is 7.23. The molecule has 1 atom stereocenters. The Balaban J connectivity index is 0.00000242. The SMILES string of the molecule is CC(C)N(Cc1ccc([N+](=O)[O-])cc1)C(=O)C1CCNC1.Cl. The standard InChI is InChI=1S/C15H21N3O3.ClH/c1-11(2)17(15(19)13-7-8-16-9-13)10-12-3-5-14(6-4-12)18(20)21;/h3-6,11,13,16H,7-10H2,1-2H3;1H. The van der Waals surface area contributed by atoms with E-state index in [0.717, 1.165) is 25.1 Å². The maximum absolute atomic E-state index is 12.5. The smallest absolute Gasteiger partial charge is 0.269 e. The van der Waals surface area contributed by atoms with Crippen molar-refractivity contribution < 1.29 is 9.72 Å². The first-order valence-electron chi connectivity index (χ1n) is 7.23. The lowest BCUT2D eigenvalue weighted by Gasteiger charge is -2.29. The zero-order valence-electron chi connectivity index (χ0n) is 12.8. The lowest BCUT2D eigenvalue weighted by molar-refractivity contribution is -0.384. The Labute approximate surface area is 136 Å². The number of nitro groups is 1. The number of hydrogen-bond acceptors (Lipinski definition) is 4. The molecule has 1 unspecified atom stereocenters. The molecule has 0 radical (unpaired) electrons. The Morgan fingerprint density at radius 3 is 2.50 bits per heavy atom. The minimum atomic E-state index is -0.417. The molecule has 1 N–H and O–H groups in total. The van der Waals surface area contributed by atoms with Gasteiger partial charge in [-0.1, -0.05) is 12.1 Å². The van der Waals surface area contributed by atoms with Crippen molar-refractivity contribution in [1.29, 1.82) is 0 Å². The van der Waals surface area contributed by atoms with Gasteiger partial charge in [0.25, 0.3) is 5.69 Å². The van der Waals surface area contributed by atoms with Gasteiger partial charge in [-0.15, -0.1) is 12.4 Å². The van der Waals surface area contributed by atoms with Crippen molar-refractivity contribution >= 4 is 24.0 Å². The molecule has 1 saturated heterocycles. The van der Waals surface area contributed by atoms with Crippen LogP contribution >= 0.6 is 12.4 Å². The van der Waals surface area contributed by atoms with Crippen molar-refractivity contribution in [3.05, 3.63) is 39.9 Å². The Morgan fingerprint density at radius 1 is 1.41 bits per heavy atom. The van der Waals surface area contributed by atoms with E-state index in [4.69, 9.17) is 0 Å². The van der Waals surface area contributed by atoms with E-state index in [-0.39, 0.29) is 36.0 Å². The molecule has 1 aromatic carbocycles. The minimum absolute atomic E-state index is 0. The summed E-state index contributed by atoms with van der Waals surface area (Å²) >= 11 is 0. The van der Waals surface area contributed by atoms with Crippen LogP contribution in [0.4, 0.5) is 5.69 Å². The van der Waals surface area contributed by atoms with Crippen molar-refractivity contribution in [2.24, 2.45) is 5.92 Å². The number of non-ortho nitro benzene ring substituents is 1. The van der Waals surface area contributed by atoms with Crippen LogP contribution in [-0.2, 0) is 11.3 Å². The molecule has 1 aliphatic rings. The van der Waals surface area contributed by atoms with E-state index < -0.39 is 4.92 Å². The number of nitrogens with zero attached hydrogens (tertiary/aromatic N) is 2. The normalized spacial score (nSPS) is 17.1. The summed E-state index contributed by atoms with van der Waals surface area (Å²) in [7, 11) is 0. The fourth-order valence-electron chi connectivity index (χ4n) is 2.53. The first kappa shape index (κ1) is 18.4. The van der Waals surface area contributed by atoms with Crippen LogP contribution in [0.5, 0.6) is 0 Å². The number of halogens is 1. The van der Waals surface area contributed by atoms with E-state index in [1.807, 2.05) is 18.7 Å². The minimum Gasteiger partial charge on any atom is -0.336 e. The number of nitrogens with one attached hydrogen (secondary N) is 1. The van der Waals surface area contributed by atoms with Crippen molar-refractivity contribution in [3.63, 3.8) is 0 Å². The molecular formula is C15H22ClN3O3. The summed E-state index contributed by atoms with van der Waals surface area (Å²) in [5, 5.41) is 13.9. The Morgan fingerprint density at radius 2 is 2.05 bits per heavy atom. The molecule has 1 fully saturated rings. The zero-order valence-corrected chi connectivity index (χ0v) is 13.6. The Bertz CT molecular complexity index is 513. The maximum atomic E-state index is 12.5. The molecule has 0 saturated carbocycles.